The van der Waals surface area contributed by atoms with Gasteiger partial charge in [0.1, 0.15) is 12.1 Å². The molecule has 0 aliphatic carbocycles. The number of piperidine rings is 1. The van der Waals surface area contributed by atoms with Crippen LogP contribution in [0.2, 0.25) is 0 Å². The number of nitrogens with one attached hydrogen (secondary N) is 1. The lowest BCUT2D eigenvalue weighted by Crippen LogP contribution is -2.65. The maximum Gasteiger partial charge on any atom is 0.244 e. The van der Waals surface area contributed by atoms with Crippen LogP contribution in [0.15, 0.2) is 48.9 Å². The minimum Gasteiger partial charge on any atom is -0.354 e. The van der Waals surface area contributed by atoms with Crippen molar-refractivity contribution in [3.05, 3.63) is 54.5 Å². The van der Waals surface area contributed by atoms with Gasteiger partial charge in [0.2, 0.25) is 10.0 Å². The molecule has 2 aromatic heterocycles. The van der Waals surface area contributed by atoms with Crippen LogP contribution in [-0.4, -0.2) is 47.5 Å². The van der Waals surface area contributed by atoms with Crippen LogP contribution in [0, 0.1) is 0 Å². The van der Waals surface area contributed by atoms with E-state index in [0.29, 0.717) is 5.65 Å². The molecule has 0 radical (unpaired) electrons. The van der Waals surface area contributed by atoms with Crippen LogP contribution in [0.5, 0.6) is 0 Å². The molecule has 1 N–H and O–H groups in total. The molecule has 1 aromatic carbocycles. The molecule has 2 aliphatic rings. The quantitative estimate of drug-likeness (QED) is 0.727. The van der Waals surface area contributed by atoms with Gasteiger partial charge >= 0.3 is 0 Å². The summed E-state index contributed by atoms with van der Waals surface area (Å²) in [5.41, 5.74) is 1.40. The second-order valence-corrected chi connectivity index (χ2v) is 9.62. The Hall–Kier alpha value is -2.45. The average molecular weight is 398 g/mol. The van der Waals surface area contributed by atoms with E-state index in [0.717, 1.165) is 42.8 Å². The van der Waals surface area contributed by atoms with Gasteiger partial charge in [-0.25, -0.2) is 22.4 Å². The molecule has 3 aromatic rings. The first-order valence-electron chi connectivity index (χ1n) is 9.66. The molecule has 28 heavy (non-hydrogen) atoms. The Kier molecular flexibility index (Phi) is 4.13. The number of benzene rings is 1. The van der Waals surface area contributed by atoms with E-state index in [4.69, 9.17) is 0 Å². The van der Waals surface area contributed by atoms with Crippen molar-refractivity contribution in [1.29, 1.82) is 0 Å². The predicted molar refractivity (Wildman–Crippen MR) is 109 cm³/mol. The van der Waals surface area contributed by atoms with Crippen LogP contribution < -0.4 is 10.2 Å². The molecule has 0 bridgehead atoms. The molecular formula is C20H23N5O2S. The molecule has 8 heteroatoms. The Morgan fingerprint density at radius 1 is 1.11 bits per heavy atom. The fourth-order valence-corrected chi connectivity index (χ4v) is 5.79. The standard InChI is InChI=1S/C20H23N5O2S/c26-28(27,13-16-5-2-1-3-6-16)25-12-7-17-18(21-15-22-19(17)25)24-11-4-8-20(14-24)9-10-23-20/h1-3,5-7,12,15,23H,4,8-11,13-14H2. The zero-order valence-corrected chi connectivity index (χ0v) is 16.4. The second-order valence-electron chi connectivity index (χ2n) is 7.77. The van der Waals surface area contributed by atoms with Gasteiger partial charge in [-0.3, -0.25) is 0 Å². The van der Waals surface area contributed by atoms with Gasteiger partial charge in [0.15, 0.2) is 5.65 Å². The predicted octanol–water partition coefficient (Wildman–Crippen LogP) is 2.14. The van der Waals surface area contributed by atoms with E-state index in [-0.39, 0.29) is 11.3 Å². The molecular weight excluding hydrogens is 374 g/mol. The molecule has 2 fully saturated rings. The molecule has 1 unspecified atom stereocenters. The van der Waals surface area contributed by atoms with Crippen molar-refractivity contribution in [3.63, 3.8) is 0 Å². The van der Waals surface area contributed by atoms with Crippen molar-refractivity contribution < 1.29 is 8.42 Å². The lowest BCUT2D eigenvalue weighted by Gasteiger charge is -2.50. The zero-order valence-electron chi connectivity index (χ0n) is 15.6. The smallest absolute Gasteiger partial charge is 0.244 e. The van der Waals surface area contributed by atoms with Crippen molar-refractivity contribution in [2.45, 2.75) is 30.6 Å². The molecule has 2 aliphatic heterocycles. The summed E-state index contributed by atoms with van der Waals surface area (Å²) in [5.74, 6) is 0.764. The first kappa shape index (κ1) is 17.6. The van der Waals surface area contributed by atoms with E-state index < -0.39 is 10.0 Å². The summed E-state index contributed by atoms with van der Waals surface area (Å²) in [7, 11) is -3.56. The number of nitrogens with zero attached hydrogens (tertiary/aromatic N) is 4. The Labute approximate surface area is 164 Å². The highest BCUT2D eigenvalue weighted by Crippen LogP contribution is 2.34. The Morgan fingerprint density at radius 3 is 2.68 bits per heavy atom. The molecule has 146 valence electrons. The first-order chi connectivity index (χ1) is 13.6. The first-order valence-corrected chi connectivity index (χ1v) is 11.3. The van der Waals surface area contributed by atoms with E-state index in [9.17, 15) is 8.42 Å². The summed E-state index contributed by atoms with van der Waals surface area (Å²) >= 11 is 0. The van der Waals surface area contributed by atoms with E-state index in [2.05, 4.69) is 20.2 Å². The molecule has 4 heterocycles. The summed E-state index contributed by atoms with van der Waals surface area (Å²) in [6, 6.07) is 11.0. The van der Waals surface area contributed by atoms with Crippen LogP contribution >= 0.6 is 0 Å². The molecule has 5 rings (SSSR count). The van der Waals surface area contributed by atoms with Gasteiger partial charge in [0.25, 0.3) is 0 Å². The van der Waals surface area contributed by atoms with Crippen LogP contribution in [0.25, 0.3) is 11.0 Å². The van der Waals surface area contributed by atoms with Gasteiger partial charge in [-0.05, 0) is 37.4 Å². The van der Waals surface area contributed by atoms with Crippen molar-refractivity contribution in [2.75, 3.05) is 24.5 Å². The highest BCUT2D eigenvalue weighted by atomic mass is 32.2. The number of anilines is 1. The third-order valence-corrected chi connectivity index (χ3v) is 7.49. The van der Waals surface area contributed by atoms with Crippen LogP contribution in [0.1, 0.15) is 24.8 Å². The Morgan fingerprint density at radius 2 is 1.93 bits per heavy atom. The highest BCUT2D eigenvalue weighted by molar-refractivity contribution is 7.89. The number of hydrogen-bond donors (Lipinski definition) is 1. The van der Waals surface area contributed by atoms with E-state index in [1.807, 2.05) is 36.4 Å². The lowest BCUT2D eigenvalue weighted by molar-refractivity contribution is 0.174. The molecule has 1 atom stereocenters. The number of hydrogen-bond acceptors (Lipinski definition) is 6. The number of fused-ring (bicyclic) bond motifs is 1. The van der Waals surface area contributed by atoms with E-state index in [1.165, 1.54) is 23.1 Å². The van der Waals surface area contributed by atoms with Gasteiger partial charge in [0.05, 0.1) is 11.1 Å². The van der Waals surface area contributed by atoms with Crippen LogP contribution in [-0.2, 0) is 15.8 Å². The van der Waals surface area contributed by atoms with Crippen molar-refractivity contribution in [3.8, 4) is 0 Å². The van der Waals surface area contributed by atoms with E-state index >= 15 is 0 Å². The zero-order chi connectivity index (χ0) is 19.2. The largest absolute Gasteiger partial charge is 0.354 e. The van der Waals surface area contributed by atoms with Crippen LogP contribution in [0.3, 0.4) is 0 Å². The minimum absolute atomic E-state index is 0.0618. The Bertz CT molecular complexity index is 1110. The lowest BCUT2D eigenvalue weighted by atomic mass is 9.80. The van der Waals surface area contributed by atoms with Crippen molar-refractivity contribution in [2.24, 2.45) is 0 Å². The number of aromatic nitrogens is 3. The Balaban J connectivity index is 1.50. The average Bonchev–Trinajstić information content (AvgIpc) is 3.12. The number of rotatable bonds is 4. The third kappa shape index (κ3) is 2.97. The SMILES string of the molecule is O=S(=O)(Cc1ccccc1)n1ccc2c(N3CCCC4(CCN4)C3)ncnc21. The molecule has 0 amide bonds. The van der Waals surface area contributed by atoms with Crippen LogP contribution in [0.4, 0.5) is 5.82 Å². The van der Waals surface area contributed by atoms with Gasteiger partial charge in [-0.1, -0.05) is 30.3 Å². The minimum atomic E-state index is -3.56. The molecule has 2 saturated heterocycles. The second kappa shape index (κ2) is 6.56. The summed E-state index contributed by atoms with van der Waals surface area (Å²) in [6.07, 6.45) is 6.55. The summed E-state index contributed by atoms with van der Waals surface area (Å²) in [5, 5.41) is 4.37. The monoisotopic (exact) mass is 397 g/mol. The van der Waals surface area contributed by atoms with Gasteiger partial charge < -0.3 is 10.2 Å². The summed E-state index contributed by atoms with van der Waals surface area (Å²) in [6.45, 7) is 2.90. The maximum absolute atomic E-state index is 13.0. The molecule has 7 nitrogen and oxygen atoms in total. The summed E-state index contributed by atoms with van der Waals surface area (Å²) in [4.78, 5) is 11.1. The molecule has 1 spiro atoms. The van der Waals surface area contributed by atoms with E-state index in [1.54, 1.807) is 6.20 Å². The fourth-order valence-electron chi connectivity index (χ4n) is 4.39. The van der Waals surface area contributed by atoms with Gasteiger partial charge in [0, 0.05) is 24.8 Å². The van der Waals surface area contributed by atoms with Gasteiger partial charge in [-0.2, -0.15) is 0 Å². The van der Waals surface area contributed by atoms with Crippen molar-refractivity contribution >= 4 is 26.9 Å². The highest BCUT2D eigenvalue weighted by Gasteiger charge is 2.40. The normalized spacial score (nSPS) is 22.5. The maximum atomic E-state index is 13.0. The third-order valence-electron chi connectivity index (χ3n) is 5.90. The molecule has 0 saturated carbocycles. The topological polar surface area (TPSA) is 80.1 Å². The fraction of sp³-hybridized carbons (Fsp3) is 0.400. The van der Waals surface area contributed by atoms with Gasteiger partial charge in [-0.15, -0.1) is 0 Å². The van der Waals surface area contributed by atoms with Crippen molar-refractivity contribution in [1.82, 2.24) is 19.3 Å². The summed E-state index contributed by atoms with van der Waals surface area (Å²) < 4.78 is 27.3.